The van der Waals surface area contributed by atoms with E-state index in [0.29, 0.717) is 23.8 Å². The van der Waals surface area contributed by atoms with Gasteiger partial charge in [-0.1, -0.05) is 62.4 Å². The standard InChI is InChI=1S/C23H32N2O5S/c26-21(27)13-25-20(17-9-5-2-6-10-17)15-31-14-19(22(25)28)24-18(23(29)30)12-11-16-7-3-1-4-8-16/h2,5-6,9-10,16,18-20,24H,1,3-4,7-8,11-15H2,(H,26,27)(H,29,30). The van der Waals surface area contributed by atoms with E-state index in [4.69, 9.17) is 0 Å². The monoisotopic (exact) mass is 448 g/mol. The average molecular weight is 449 g/mol. The molecular weight excluding hydrogens is 416 g/mol. The number of carbonyl (C=O) groups is 3. The lowest BCUT2D eigenvalue weighted by Crippen LogP contribution is -2.53. The summed E-state index contributed by atoms with van der Waals surface area (Å²) in [7, 11) is 0. The number of benzene rings is 1. The van der Waals surface area contributed by atoms with E-state index in [1.165, 1.54) is 24.2 Å². The lowest BCUT2D eigenvalue weighted by Gasteiger charge is -2.31. The Morgan fingerprint density at radius 1 is 1.10 bits per heavy atom. The van der Waals surface area contributed by atoms with Gasteiger partial charge in [0.2, 0.25) is 5.91 Å². The Labute approximate surface area is 187 Å². The summed E-state index contributed by atoms with van der Waals surface area (Å²) >= 11 is 1.55. The van der Waals surface area contributed by atoms with Crippen LogP contribution in [0.2, 0.25) is 0 Å². The molecule has 0 radical (unpaired) electrons. The zero-order valence-corrected chi connectivity index (χ0v) is 18.6. The molecule has 0 bridgehead atoms. The van der Waals surface area contributed by atoms with E-state index in [1.807, 2.05) is 30.3 Å². The van der Waals surface area contributed by atoms with E-state index >= 15 is 0 Å². The first-order valence-corrected chi connectivity index (χ1v) is 12.2. The first-order valence-electron chi connectivity index (χ1n) is 11.1. The first-order chi connectivity index (χ1) is 15.0. The average Bonchev–Trinajstić information content (AvgIpc) is 2.91. The fraction of sp³-hybridized carbons (Fsp3) is 0.609. The number of hydrogen-bond acceptors (Lipinski definition) is 5. The number of amides is 1. The lowest BCUT2D eigenvalue weighted by molar-refractivity contribution is -0.147. The van der Waals surface area contributed by atoms with Gasteiger partial charge in [0.05, 0.1) is 12.1 Å². The predicted octanol–water partition coefficient (Wildman–Crippen LogP) is 3.16. The molecule has 0 spiro atoms. The van der Waals surface area contributed by atoms with Gasteiger partial charge in [-0.15, -0.1) is 0 Å². The maximum absolute atomic E-state index is 13.3. The molecule has 1 aliphatic carbocycles. The van der Waals surface area contributed by atoms with Gasteiger partial charge in [-0.3, -0.25) is 19.7 Å². The number of carbonyl (C=O) groups excluding carboxylic acids is 1. The van der Waals surface area contributed by atoms with Crippen molar-refractivity contribution in [1.82, 2.24) is 10.2 Å². The van der Waals surface area contributed by atoms with Crippen LogP contribution in [-0.2, 0) is 14.4 Å². The molecule has 2 fully saturated rings. The number of carboxylic acid groups (broad SMARTS) is 2. The summed E-state index contributed by atoms with van der Waals surface area (Å²) in [6.45, 7) is -0.406. The van der Waals surface area contributed by atoms with Crippen molar-refractivity contribution in [2.24, 2.45) is 5.92 Å². The van der Waals surface area contributed by atoms with Gasteiger partial charge in [0.15, 0.2) is 0 Å². The number of nitrogens with one attached hydrogen (secondary N) is 1. The van der Waals surface area contributed by atoms with Crippen LogP contribution in [0.1, 0.15) is 56.6 Å². The van der Waals surface area contributed by atoms with Gasteiger partial charge in [0, 0.05) is 11.5 Å². The second-order valence-electron chi connectivity index (χ2n) is 8.52. The highest BCUT2D eigenvalue weighted by Crippen LogP contribution is 2.31. The van der Waals surface area contributed by atoms with Gasteiger partial charge in [-0.25, -0.2) is 0 Å². The highest BCUT2D eigenvalue weighted by Gasteiger charge is 2.37. The van der Waals surface area contributed by atoms with Crippen molar-refractivity contribution < 1.29 is 24.6 Å². The van der Waals surface area contributed by atoms with E-state index in [1.54, 1.807) is 11.8 Å². The molecule has 8 heteroatoms. The molecule has 3 atom stereocenters. The van der Waals surface area contributed by atoms with Crippen LogP contribution in [0, 0.1) is 5.92 Å². The number of thioether (sulfide) groups is 1. The molecule has 7 nitrogen and oxygen atoms in total. The summed E-state index contributed by atoms with van der Waals surface area (Å²) < 4.78 is 0. The Hall–Kier alpha value is -2.06. The Kier molecular flexibility index (Phi) is 8.78. The van der Waals surface area contributed by atoms with Gasteiger partial charge >= 0.3 is 11.9 Å². The summed E-state index contributed by atoms with van der Waals surface area (Å²) in [5.74, 6) is -0.825. The van der Waals surface area contributed by atoms with Crippen molar-refractivity contribution in [3.8, 4) is 0 Å². The maximum Gasteiger partial charge on any atom is 0.323 e. The second kappa shape index (κ2) is 11.5. The summed E-state index contributed by atoms with van der Waals surface area (Å²) in [4.78, 5) is 38.1. The third-order valence-electron chi connectivity index (χ3n) is 6.30. The number of rotatable bonds is 9. The third-order valence-corrected chi connectivity index (χ3v) is 7.42. The van der Waals surface area contributed by atoms with E-state index in [-0.39, 0.29) is 11.9 Å². The zero-order chi connectivity index (χ0) is 22.2. The van der Waals surface area contributed by atoms with Crippen molar-refractivity contribution >= 4 is 29.6 Å². The highest BCUT2D eigenvalue weighted by molar-refractivity contribution is 7.99. The molecule has 1 aliphatic heterocycles. The minimum atomic E-state index is -1.08. The largest absolute Gasteiger partial charge is 0.480 e. The van der Waals surface area contributed by atoms with Gasteiger partial charge in [-0.2, -0.15) is 11.8 Å². The molecule has 2 aliphatic rings. The predicted molar refractivity (Wildman–Crippen MR) is 120 cm³/mol. The van der Waals surface area contributed by atoms with Crippen LogP contribution >= 0.6 is 11.8 Å². The summed E-state index contributed by atoms with van der Waals surface area (Å²) in [6, 6.07) is 7.53. The van der Waals surface area contributed by atoms with Crippen LogP contribution in [-0.4, -0.2) is 63.1 Å². The lowest BCUT2D eigenvalue weighted by atomic mass is 9.85. The molecule has 0 aromatic heterocycles. The van der Waals surface area contributed by atoms with Crippen molar-refractivity contribution in [1.29, 1.82) is 0 Å². The topological polar surface area (TPSA) is 107 Å². The molecule has 170 valence electrons. The van der Waals surface area contributed by atoms with Crippen LogP contribution in [0.5, 0.6) is 0 Å². The maximum atomic E-state index is 13.3. The number of hydrogen-bond donors (Lipinski definition) is 3. The molecule has 1 aromatic rings. The van der Waals surface area contributed by atoms with Gasteiger partial charge in [-0.05, 0) is 24.3 Å². The minimum absolute atomic E-state index is 0.342. The number of nitrogens with zero attached hydrogens (tertiary/aromatic N) is 1. The Bertz CT molecular complexity index is 754. The quantitative estimate of drug-likeness (QED) is 0.533. The van der Waals surface area contributed by atoms with Crippen LogP contribution in [0.15, 0.2) is 30.3 Å². The van der Waals surface area contributed by atoms with Gasteiger partial charge < -0.3 is 15.1 Å². The van der Waals surface area contributed by atoms with E-state index in [9.17, 15) is 24.6 Å². The molecule has 31 heavy (non-hydrogen) atoms. The van der Waals surface area contributed by atoms with Crippen LogP contribution < -0.4 is 5.32 Å². The first kappa shape index (κ1) is 23.6. The van der Waals surface area contributed by atoms with Crippen molar-refractivity contribution in [3.63, 3.8) is 0 Å². The summed E-state index contributed by atoms with van der Waals surface area (Å²) in [6.07, 6.45) is 7.29. The molecule has 3 rings (SSSR count). The normalized spacial score (nSPS) is 23.9. The van der Waals surface area contributed by atoms with Gasteiger partial charge in [0.1, 0.15) is 12.6 Å². The highest BCUT2D eigenvalue weighted by atomic mass is 32.2. The van der Waals surface area contributed by atoms with Crippen molar-refractivity contribution in [2.75, 3.05) is 18.1 Å². The minimum Gasteiger partial charge on any atom is -0.480 e. The fourth-order valence-electron chi connectivity index (χ4n) is 4.62. The molecule has 3 unspecified atom stereocenters. The third kappa shape index (κ3) is 6.71. The van der Waals surface area contributed by atoms with Gasteiger partial charge in [0.25, 0.3) is 0 Å². The fourth-order valence-corrected chi connectivity index (χ4v) is 5.82. The summed E-state index contributed by atoms with van der Waals surface area (Å²) in [5, 5.41) is 22.2. The number of aliphatic carboxylic acids is 2. The van der Waals surface area contributed by atoms with E-state index in [0.717, 1.165) is 24.8 Å². The van der Waals surface area contributed by atoms with Crippen molar-refractivity contribution in [3.05, 3.63) is 35.9 Å². The van der Waals surface area contributed by atoms with E-state index in [2.05, 4.69) is 5.32 Å². The SMILES string of the molecule is O=C(O)CN1C(=O)C(NC(CCC2CCCCC2)C(=O)O)CSCC1c1ccccc1. The number of carboxylic acids is 2. The van der Waals surface area contributed by atoms with Crippen LogP contribution in [0.4, 0.5) is 0 Å². The Balaban J connectivity index is 1.71. The van der Waals surface area contributed by atoms with E-state index < -0.39 is 30.6 Å². The molecular formula is C23H32N2O5S. The molecule has 1 amide bonds. The Morgan fingerprint density at radius 2 is 1.81 bits per heavy atom. The molecule has 1 saturated carbocycles. The zero-order valence-electron chi connectivity index (χ0n) is 17.7. The second-order valence-corrected chi connectivity index (χ2v) is 9.59. The smallest absolute Gasteiger partial charge is 0.323 e. The Morgan fingerprint density at radius 3 is 2.45 bits per heavy atom. The molecule has 1 aromatic carbocycles. The molecule has 3 N–H and O–H groups in total. The van der Waals surface area contributed by atoms with Crippen LogP contribution in [0.3, 0.4) is 0 Å². The van der Waals surface area contributed by atoms with Crippen LogP contribution in [0.25, 0.3) is 0 Å². The molecule has 1 saturated heterocycles. The van der Waals surface area contributed by atoms with Crippen molar-refractivity contribution in [2.45, 2.75) is 63.1 Å². The molecule has 1 heterocycles. The summed E-state index contributed by atoms with van der Waals surface area (Å²) in [5.41, 5.74) is 0.886.